The Hall–Kier alpha value is -1.75. The van der Waals surface area contributed by atoms with Crippen LogP contribution in [0.5, 0.6) is 5.75 Å². The molecule has 0 atom stereocenters. The standard InChI is InChI=1S/C18H30N4O/c1-3-19-18(20-11-14-22-12-7-4-8-13-22)21-15-16-9-5-6-10-17(16)23-2/h5-6,9-10H,3-4,7-8,11-15H2,1-2H3,(H2,19,20,21). The van der Waals surface area contributed by atoms with Crippen LogP contribution in [0.1, 0.15) is 31.7 Å². The molecule has 1 aliphatic rings. The molecule has 0 aliphatic carbocycles. The summed E-state index contributed by atoms with van der Waals surface area (Å²) in [6, 6.07) is 8.03. The van der Waals surface area contributed by atoms with Crippen LogP contribution in [0.2, 0.25) is 0 Å². The number of aliphatic imine (C=N–C) groups is 1. The van der Waals surface area contributed by atoms with Gasteiger partial charge < -0.3 is 20.3 Å². The molecule has 0 unspecified atom stereocenters. The summed E-state index contributed by atoms with van der Waals surface area (Å²) in [6.45, 7) is 8.04. The number of benzene rings is 1. The zero-order chi connectivity index (χ0) is 16.3. The zero-order valence-corrected chi connectivity index (χ0v) is 14.5. The van der Waals surface area contributed by atoms with E-state index in [2.05, 4.69) is 33.5 Å². The number of hydrogen-bond donors (Lipinski definition) is 2. The van der Waals surface area contributed by atoms with Crippen molar-refractivity contribution < 1.29 is 4.74 Å². The van der Waals surface area contributed by atoms with E-state index in [1.54, 1.807) is 7.11 Å². The number of nitrogens with one attached hydrogen (secondary N) is 2. The fraction of sp³-hybridized carbons (Fsp3) is 0.611. The van der Waals surface area contributed by atoms with Gasteiger partial charge in [-0.1, -0.05) is 24.6 Å². The third-order valence-corrected chi connectivity index (χ3v) is 4.11. The minimum Gasteiger partial charge on any atom is -0.496 e. The molecule has 128 valence electrons. The molecule has 5 heteroatoms. The van der Waals surface area contributed by atoms with Crippen molar-refractivity contribution >= 4 is 5.96 Å². The van der Waals surface area contributed by atoms with Crippen molar-refractivity contribution in [3.63, 3.8) is 0 Å². The molecule has 0 spiro atoms. The van der Waals surface area contributed by atoms with Crippen LogP contribution in [0.15, 0.2) is 29.3 Å². The van der Waals surface area contributed by atoms with Gasteiger partial charge in [-0.25, -0.2) is 4.99 Å². The fourth-order valence-electron chi connectivity index (χ4n) is 2.85. The normalized spacial score (nSPS) is 16.2. The zero-order valence-electron chi connectivity index (χ0n) is 14.5. The molecule has 1 saturated heterocycles. The molecule has 1 fully saturated rings. The van der Waals surface area contributed by atoms with Gasteiger partial charge in [0.25, 0.3) is 0 Å². The molecule has 1 aromatic rings. The Kier molecular flexibility index (Phi) is 7.73. The van der Waals surface area contributed by atoms with Gasteiger partial charge in [-0.15, -0.1) is 0 Å². The number of piperidine rings is 1. The van der Waals surface area contributed by atoms with Crippen LogP contribution in [0.4, 0.5) is 0 Å². The topological polar surface area (TPSA) is 48.9 Å². The highest BCUT2D eigenvalue weighted by Crippen LogP contribution is 2.17. The first kappa shape index (κ1) is 17.6. The highest BCUT2D eigenvalue weighted by Gasteiger charge is 2.09. The lowest BCUT2D eigenvalue weighted by Gasteiger charge is -2.26. The quantitative estimate of drug-likeness (QED) is 0.598. The molecule has 1 heterocycles. The summed E-state index contributed by atoms with van der Waals surface area (Å²) in [5.74, 6) is 1.76. The van der Waals surface area contributed by atoms with Crippen molar-refractivity contribution in [1.29, 1.82) is 0 Å². The maximum absolute atomic E-state index is 5.38. The minimum absolute atomic E-state index is 0.614. The van der Waals surface area contributed by atoms with Crippen LogP contribution in [0.3, 0.4) is 0 Å². The number of likely N-dealkylation sites (tertiary alicyclic amines) is 1. The molecule has 0 saturated carbocycles. The van der Waals surface area contributed by atoms with Gasteiger partial charge >= 0.3 is 0 Å². The van der Waals surface area contributed by atoms with Crippen molar-refractivity contribution in [3.8, 4) is 5.75 Å². The van der Waals surface area contributed by atoms with Crippen molar-refractivity contribution in [2.75, 3.05) is 39.8 Å². The van der Waals surface area contributed by atoms with Crippen molar-refractivity contribution in [2.24, 2.45) is 4.99 Å². The second kappa shape index (κ2) is 10.1. The van der Waals surface area contributed by atoms with E-state index >= 15 is 0 Å². The van der Waals surface area contributed by atoms with Gasteiger partial charge in [0.2, 0.25) is 0 Å². The molecule has 2 N–H and O–H groups in total. The number of guanidine groups is 1. The predicted octanol–water partition coefficient (Wildman–Crippen LogP) is 2.24. The summed E-state index contributed by atoms with van der Waals surface area (Å²) < 4.78 is 5.38. The fourth-order valence-corrected chi connectivity index (χ4v) is 2.85. The molecular weight excluding hydrogens is 288 g/mol. The molecular formula is C18H30N4O. The van der Waals surface area contributed by atoms with E-state index in [-0.39, 0.29) is 0 Å². The Labute approximate surface area is 140 Å². The second-order valence-electron chi connectivity index (χ2n) is 5.84. The molecule has 1 aromatic carbocycles. The summed E-state index contributed by atoms with van der Waals surface area (Å²) in [5.41, 5.74) is 1.10. The largest absolute Gasteiger partial charge is 0.496 e. The number of hydrogen-bond acceptors (Lipinski definition) is 3. The van der Waals surface area contributed by atoms with Gasteiger partial charge in [-0.2, -0.15) is 0 Å². The maximum atomic E-state index is 5.38. The van der Waals surface area contributed by atoms with Crippen LogP contribution in [-0.2, 0) is 6.54 Å². The van der Waals surface area contributed by atoms with Gasteiger partial charge in [0.05, 0.1) is 13.7 Å². The van der Waals surface area contributed by atoms with Crippen LogP contribution in [-0.4, -0.2) is 50.7 Å². The van der Waals surface area contributed by atoms with E-state index in [9.17, 15) is 0 Å². The summed E-state index contributed by atoms with van der Waals surface area (Å²) in [4.78, 5) is 7.20. The maximum Gasteiger partial charge on any atom is 0.191 e. The Morgan fingerprint density at radius 2 is 1.96 bits per heavy atom. The smallest absolute Gasteiger partial charge is 0.191 e. The summed E-state index contributed by atoms with van der Waals surface area (Å²) >= 11 is 0. The summed E-state index contributed by atoms with van der Waals surface area (Å²) in [7, 11) is 1.70. The summed E-state index contributed by atoms with van der Waals surface area (Å²) in [5, 5.41) is 6.74. The Balaban J connectivity index is 1.84. The van der Waals surface area contributed by atoms with E-state index in [0.29, 0.717) is 6.54 Å². The van der Waals surface area contributed by atoms with Crippen molar-refractivity contribution in [3.05, 3.63) is 29.8 Å². The lowest BCUT2D eigenvalue weighted by Crippen LogP contribution is -2.42. The molecule has 0 bridgehead atoms. The van der Waals surface area contributed by atoms with E-state index < -0.39 is 0 Å². The molecule has 2 rings (SSSR count). The molecule has 0 aromatic heterocycles. The predicted molar refractivity (Wildman–Crippen MR) is 96.1 cm³/mol. The van der Waals surface area contributed by atoms with Crippen LogP contribution >= 0.6 is 0 Å². The van der Waals surface area contributed by atoms with E-state index in [0.717, 1.165) is 36.9 Å². The van der Waals surface area contributed by atoms with E-state index in [1.807, 2.05) is 18.2 Å². The number of nitrogens with zero attached hydrogens (tertiary/aromatic N) is 2. The van der Waals surface area contributed by atoms with Crippen LogP contribution < -0.4 is 15.4 Å². The third kappa shape index (κ3) is 6.10. The lowest BCUT2D eigenvalue weighted by atomic mass is 10.1. The molecule has 0 radical (unpaired) electrons. The molecule has 5 nitrogen and oxygen atoms in total. The lowest BCUT2D eigenvalue weighted by molar-refractivity contribution is 0.232. The van der Waals surface area contributed by atoms with Crippen LogP contribution in [0.25, 0.3) is 0 Å². The Bertz CT molecular complexity index is 484. The summed E-state index contributed by atoms with van der Waals surface area (Å²) in [6.07, 6.45) is 4.05. The Morgan fingerprint density at radius 3 is 2.70 bits per heavy atom. The van der Waals surface area contributed by atoms with Gasteiger partial charge in [-0.3, -0.25) is 0 Å². The average molecular weight is 318 g/mol. The van der Waals surface area contributed by atoms with Gasteiger partial charge in [0, 0.05) is 25.2 Å². The first-order valence-electron chi connectivity index (χ1n) is 8.70. The second-order valence-corrected chi connectivity index (χ2v) is 5.84. The van der Waals surface area contributed by atoms with Crippen molar-refractivity contribution in [1.82, 2.24) is 15.5 Å². The van der Waals surface area contributed by atoms with E-state index in [4.69, 9.17) is 4.74 Å². The number of rotatable bonds is 7. The molecule has 23 heavy (non-hydrogen) atoms. The van der Waals surface area contributed by atoms with Gasteiger partial charge in [0.15, 0.2) is 5.96 Å². The molecule has 0 amide bonds. The highest BCUT2D eigenvalue weighted by atomic mass is 16.5. The first-order valence-corrected chi connectivity index (χ1v) is 8.70. The first-order chi connectivity index (χ1) is 11.3. The number of methoxy groups -OCH3 is 1. The monoisotopic (exact) mass is 318 g/mol. The average Bonchev–Trinajstić information content (AvgIpc) is 2.61. The number of para-hydroxylation sites is 1. The SMILES string of the molecule is CCNC(=NCc1ccccc1OC)NCCN1CCCCC1. The van der Waals surface area contributed by atoms with Gasteiger partial charge in [0.1, 0.15) is 5.75 Å². The highest BCUT2D eigenvalue weighted by molar-refractivity contribution is 5.79. The third-order valence-electron chi connectivity index (χ3n) is 4.11. The van der Waals surface area contributed by atoms with E-state index in [1.165, 1.54) is 32.4 Å². The Morgan fingerprint density at radius 1 is 1.17 bits per heavy atom. The van der Waals surface area contributed by atoms with Crippen molar-refractivity contribution in [2.45, 2.75) is 32.7 Å². The minimum atomic E-state index is 0.614. The van der Waals surface area contributed by atoms with Crippen LogP contribution in [0, 0.1) is 0 Å². The van der Waals surface area contributed by atoms with Gasteiger partial charge in [-0.05, 0) is 38.9 Å². The molecule has 1 aliphatic heterocycles. The number of ether oxygens (including phenoxy) is 1.